The number of hydrogen-bond acceptors (Lipinski definition) is 4. The van der Waals surface area contributed by atoms with Gasteiger partial charge in [-0.2, -0.15) is 0 Å². The smallest absolute Gasteiger partial charge is 0.326 e. The van der Waals surface area contributed by atoms with Crippen LogP contribution in [-0.4, -0.2) is 31.2 Å². The number of rotatable bonds is 8. The largest absolute Gasteiger partial charge is 0.465 e. The summed E-state index contributed by atoms with van der Waals surface area (Å²) in [6.07, 6.45) is 4.60. The van der Waals surface area contributed by atoms with Crippen LogP contribution in [0.1, 0.15) is 46.0 Å². The molecule has 0 heterocycles. The normalized spacial score (nSPS) is 25.9. The van der Waals surface area contributed by atoms with E-state index in [0.29, 0.717) is 25.6 Å². The zero-order valence-electron chi connectivity index (χ0n) is 11.9. The van der Waals surface area contributed by atoms with Crippen LogP contribution in [-0.2, 0) is 9.53 Å². The molecule has 1 rings (SSSR count). The molecule has 1 N–H and O–H groups in total. The van der Waals surface area contributed by atoms with Crippen molar-refractivity contribution in [1.82, 2.24) is 5.32 Å². The molecule has 0 aliphatic heterocycles. The summed E-state index contributed by atoms with van der Waals surface area (Å²) in [6.45, 7) is 5.54. The van der Waals surface area contributed by atoms with E-state index in [2.05, 4.69) is 22.3 Å². The first-order valence-corrected chi connectivity index (χ1v) is 7.11. The minimum Gasteiger partial charge on any atom is -0.465 e. The second-order valence-corrected chi connectivity index (χ2v) is 5.05. The highest BCUT2D eigenvalue weighted by molar-refractivity contribution is 5.81. The molecule has 0 saturated heterocycles. The maximum absolute atomic E-state index is 12.2. The molecule has 0 aromatic rings. The van der Waals surface area contributed by atoms with Crippen molar-refractivity contribution in [3.63, 3.8) is 0 Å². The minimum atomic E-state index is -0.521. The Bertz CT molecular complexity index is 342. The molecule has 0 aromatic carbocycles. The van der Waals surface area contributed by atoms with Gasteiger partial charge in [-0.1, -0.05) is 18.5 Å². The first kappa shape index (κ1) is 15.8. The van der Waals surface area contributed by atoms with Crippen molar-refractivity contribution >= 4 is 5.97 Å². The van der Waals surface area contributed by atoms with Gasteiger partial charge < -0.3 is 10.1 Å². The lowest BCUT2D eigenvalue weighted by molar-refractivity contribution is -0.151. The molecule has 19 heavy (non-hydrogen) atoms. The van der Waals surface area contributed by atoms with Crippen molar-refractivity contribution in [3.05, 3.63) is 10.4 Å². The van der Waals surface area contributed by atoms with E-state index in [1.165, 1.54) is 0 Å². The number of azide groups is 1. The molecule has 2 unspecified atom stereocenters. The van der Waals surface area contributed by atoms with Crippen molar-refractivity contribution in [2.24, 2.45) is 11.0 Å². The van der Waals surface area contributed by atoms with Gasteiger partial charge in [0.1, 0.15) is 5.54 Å². The van der Waals surface area contributed by atoms with Gasteiger partial charge in [0.15, 0.2) is 0 Å². The van der Waals surface area contributed by atoms with Crippen LogP contribution in [0, 0.1) is 5.92 Å². The number of hydrogen-bond donors (Lipinski definition) is 1. The monoisotopic (exact) mass is 268 g/mol. The van der Waals surface area contributed by atoms with Crippen LogP contribution in [0.5, 0.6) is 0 Å². The number of carbonyl (C=O) groups excluding carboxylic acids is 1. The zero-order chi connectivity index (χ0) is 14.1. The van der Waals surface area contributed by atoms with E-state index >= 15 is 0 Å². The van der Waals surface area contributed by atoms with Gasteiger partial charge in [0.25, 0.3) is 0 Å². The summed E-state index contributed by atoms with van der Waals surface area (Å²) in [4.78, 5) is 14.9. The Morgan fingerprint density at radius 2 is 2.37 bits per heavy atom. The molecule has 108 valence electrons. The van der Waals surface area contributed by atoms with Crippen LogP contribution in [0.2, 0.25) is 0 Å². The molecular formula is C13H24N4O2. The third-order valence-corrected chi connectivity index (χ3v) is 3.82. The van der Waals surface area contributed by atoms with Gasteiger partial charge in [0, 0.05) is 11.5 Å². The summed E-state index contributed by atoms with van der Waals surface area (Å²) in [6, 6.07) is 0. The molecule has 0 amide bonds. The van der Waals surface area contributed by atoms with E-state index in [9.17, 15) is 4.79 Å². The predicted octanol–water partition coefficient (Wildman–Crippen LogP) is 2.79. The standard InChI is InChI=1S/C13H24N4O2/c1-3-11-6-7-13(10-11,12(18)19-4-2)15-8-5-9-16-17-14/h11,15H,3-10H2,1-2H3. The number of ether oxygens (including phenoxy) is 1. The van der Waals surface area contributed by atoms with Gasteiger partial charge in [0.05, 0.1) is 6.61 Å². The summed E-state index contributed by atoms with van der Waals surface area (Å²) in [5.74, 6) is 0.462. The van der Waals surface area contributed by atoms with Crippen molar-refractivity contribution in [1.29, 1.82) is 0 Å². The fourth-order valence-corrected chi connectivity index (χ4v) is 2.71. The van der Waals surface area contributed by atoms with E-state index in [4.69, 9.17) is 10.3 Å². The highest BCUT2D eigenvalue weighted by Gasteiger charge is 2.45. The lowest BCUT2D eigenvalue weighted by Gasteiger charge is -2.28. The summed E-state index contributed by atoms with van der Waals surface area (Å²) >= 11 is 0. The second-order valence-electron chi connectivity index (χ2n) is 5.05. The van der Waals surface area contributed by atoms with Crippen LogP contribution in [0.4, 0.5) is 0 Å². The predicted molar refractivity (Wildman–Crippen MR) is 73.6 cm³/mol. The molecular weight excluding hydrogens is 244 g/mol. The first-order valence-electron chi connectivity index (χ1n) is 7.11. The molecule has 6 nitrogen and oxygen atoms in total. The van der Waals surface area contributed by atoms with E-state index in [0.717, 1.165) is 32.1 Å². The highest BCUT2D eigenvalue weighted by atomic mass is 16.5. The average molecular weight is 268 g/mol. The van der Waals surface area contributed by atoms with Crippen LogP contribution < -0.4 is 5.32 Å². The zero-order valence-corrected chi connectivity index (χ0v) is 11.9. The Morgan fingerprint density at radius 1 is 1.58 bits per heavy atom. The summed E-state index contributed by atoms with van der Waals surface area (Å²) < 4.78 is 5.22. The molecule has 0 aromatic heterocycles. The van der Waals surface area contributed by atoms with E-state index < -0.39 is 5.54 Å². The molecule has 1 aliphatic carbocycles. The van der Waals surface area contributed by atoms with E-state index in [-0.39, 0.29) is 5.97 Å². The molecule has 0 radical (unpaired) electrons. The Labute approximate surface area is 114 Å². The lowest BCUT2D eigenvalue weighted by atomic mass is 9.94. The van der Waals surface area contributed by atoms with Gasteiger partial charge in [-0.15, -0.1) is 0 Å². The van der Waals surface area contributed by atoms with Gasteiger partial charge in [-0.25, -0.2) is 0 Å². The molecule has 1 saturated carbocycles. The lowest BCUT2D eigenvalue weighted by Crippen LogP contribution is -2.51. The number of nitrogens with zero attached hydrogens (tertiary/aromatic N) is 3. The maximum Gasteiger partial charge on any atom is 0.326 e. The van der Waals surface area contributed by atoms with Gasteiger partial charge in [-0.3, -0.25) is 4.79 Å². The van der Waals surface area contributed by atoms with Crippen LogP contribution >= 0.6 is 0 Å². The van der Waals surface area contributed by atoms with E-state index in [1.54, 1.807) is 0 Å². The van der Waals surface area contributed by atoms with Crippen LogP contribution in [0.15, 0.2) is 5.11 Å². The Morgan fingerprint density at radius 3 is 2.95 bits per heavy atom. The van der Waals surface area contributed by atoms with Crippen LogP contribution in [0.25, 0.3) is 10.4 Å². The van der Waals surface area contributed by atoms with Gasteiger partial charge >= 0.3 is 5.97 Å². The Balaban J connectivity index is 2.55. The molecule has 1 fully saturated rings. The summed E-state index contributed by atoms with van der Waals surface area (Å²) in [5, 5.41) is 6.84. The first-order chi connectivity index (χ1) is 9.18. The Kier molecular flexibility index (Phi) is 6.67. The maximum atomic E-state index is 12.2. The molecule has 0 bridgehead atoms. The summed E-state index contributed by atoms with van der Waals surface area (Å²) in [5.41, 5.74) is 7.70. The third kappa shape index (κ3) is 4.40. The fraction of sp³-hybridized carbons (Fsp3) is 0.923. The number of carbonyl (C=O) groups is 1. The van der Waals surface area contributed by atoms with Crippen molar-refractivity contribution < 1.29 is 9.53 Å². The van der Waals surface area contributed by atoms with Gasteiger partial charge in [0.2, 0.25) is 0 Å². The van der Waals surface area contributed by atoms with Crippen molar-refractivity contribution in [2.45, 2.75) is 51.5 Å². The van der Waals surface area contributed by atoms with E-state index in [1.807, 2.05) is 6.92 Å². The van der Waals surface area contributed by atoms with Crippen molar-refractivity contribution in [2.75, 3.05) is 19.7 Å². The second kappa shape index (κ2) is 8.02. The fourth-order valence-electron chi connectivity index (χ4n) is 2.71. The summed E-state index contributed by atoms with van der Waals surface area (Å²) in [7, 11) is 0. The van der Waals surface area contributed by atoms with Crippen LogP contribution in [0.3, 0.4) is 0 Å². The molecule has 6 heteroatoms. The molecule has 2 atom stereocenters. The highest BCUT2D eigenvalue weighted by Crippen LogP contribution is 2.37. The van der Waals surface area contributed by atoms with Crippen molar-refractivity contribution in [3.8, 4) is 0 Å². The average Bonchev–Trinajstić information content (AvgIpc) is 2.84. The SMILES string of the molecule is CCOC(=O)C1(NCCCN=[N+]=[N-])CCC(CC)C1. The number of nitrogens with one attached hydrogen (secondary N) is 1. The molecule has 0 spiro atoms. The number of esters is 1. The third-order valence-electron chi connectivity index (χ3n) is 3.82. The quantitative estimate of drug-likeness (QED) is 0.241. The topological polar surface area (TPSA) is 87.1 Å². The van der Waals surface area contributed by atoms with Gasteiger partial charge in [-0.05, 0) is 50.6 Å². The minimum absolute atomic E-state index is 0.130. The molecule has 1 aliphatic rings. The Hall–Kier alpha value is -1.26.